The summed E-state index contributed by atoms with van der Waals surface area (Å²) in [5.41, 5.74) is 1.25. The smallest absolute Gasteiger partial charge is 0.0664 e. The molecule has 0 spiro atoms. The molecule has 1 aliphatic rings. The summed E-state index contributed by atoms with van der Waals surface area (Å²) in [4.78, 5) is 0. The minimum atomic E-state index is -0.162. The molecule has 1 saturated carbocycles. The summed E-state index contributed by atoms with van der Waals surface area (Å²) in [7, 11) is 0. The van der Waals surface area contributed by atoms with E-state index in [1.54, 1.807) is 0 Å². The molecule has 0 saturated heterocycles. The lowest BCUT2D eigenvalue weighted by atomic mass is 9.86. The molecule has 0 amide bonds. The monoisotopic (exact) mass is 233 g/mol. The normalized spacial score (nSPS) is 31.4. The van der Waals surface area contributed by atoms with Crippen molar-refractivity contribution in [2.45, 2.75) is 39.2 Å². The summed E-state index contributed by atoms with van der Waals surface area (Å²) in [6, 6.07) is 10.2. The zero-order valence-corrected chi connectivity index (χ0v) is 11.0. The van der Waals surface area contributed by atoms with Crippen LogP contribution in [0.3, 0.4) is 0 Å². The Balaban J connectivity index is 2.21. The van der Waals surface area contributed by atoms with E-state index in [1.165, 1.54) is 0 Å². The molecule has 1 aromatic carbocycles. The Morgan fingerprint density at radius 3 is 2.41 bits per heavy atom. The van der Waals surface area contributed by atoms with Crippen LogP contribution in [-0.4, -0.2) is 17.3 Å². The van der Waals surface area contributed by atoms with Crippen molar-refractivity contribution >= 4 is 5.69 Å². The molecule has 2 atom stereocenters. The first-order chi connectivity index (χ1) is 7.97. The number of aliphatic hydroxyl groups is 1. The van der Waals surface area contributed by atoms with E-state index in [4.69, 9.17) is 0 Å². The maximum Gasteiger partial charge on any atom is 0.0664 e. The molecule has 2 rings (SSSR count). The lowest BCUT2D eigenvalue weighted by molar-refractivity contribution is 0.179. The van der Waals surface area contributed by atoms with Gasteiger partial charge in [0.15, 0.2) is 0 Å². The van der Waals surface area contributed by atoms with Crippen molar-refractivity contribution in [3.63, 3.8) is 0 Å². The number of para-hydroxylation sites is 1. The summed E-state index contributed by atoms with van der Waals surface area (Å²) in [5.74, 6) is 0.489. The van der Waals surface area contributed by atoms with Crippen molar-refractivity contribution in [3.8, 4) is 0 Å². The maximum atomic E-state index is 9.82. The lowest BCUT2D eigenvalue weighted by Gasteiger charge is -2.34. The predicted octanol–water partition coefficient (Wildman–Crippen LogP) is 3.29. The molecule has 0 heterocycles. The number of aliphatic hydroxyl groups excluding tert-OH is 1. The molecule has 1 aliphatic carbocycles. The van der Waals surface area contributed by atoms with Crippen molar-refractivity contribution in [3.05, 3.63) is 30.3 Å². The van der Waals surface area contributed by atoms with Crippen molar-refractivity contribution in [1.29, 1.82) is 0 Å². The van der Waals surface area contributed by atoms with Gasteiger partial charge in [-0.2, -0.15) is 0 Å². The molecule has 0 bridgehead atoms. The maximum absolute atomic E-state index is 9.82. The molecule has 17 heavy (non-hydrogen) atoms. The van der Waals surface area contributed by atoms with Gasteiger partial charge >= 0.3 is 0 Å². The first-order valence-electron chi connectivity index (χ1n) is 6.42. The molecule has 1 aromatic rings. The van der Waals surface area contributed by atoms with Crippen molar-refractivity contribution in [1.82, 2.24) is 0 Å². The minimum Gasteiger partial charge on any atom is -0.394 e. The Morgan fingerprint density at radius 2 is 1.94 bits per heavy atom. The first kappa shape index (κ1) is 12.4. The molecular weight excluding hydrogens is 210 g/mol. The molecule has 94 valence electrons. The van der Waals surface area contributed by atoms with Crippen LogP contribution in [0.2, 0.25) is 0 Å². The van der Waals surface area contributed by atoms with E-state index in [0.29, 0.717) is 11.3 Å². The van der Waals surface area contributed by atoms with Crippen LogP contribution in [0, 0.1) is 11.3 Å². The van der Waals surface area contributed by atoms with Gasteiger partial charge in [-0.15, -0.1) is 0 Å². The van der Waals surface area contributed by atoms with Crippen LogP contribution >= 0.6 is 0 Å². The molecular formula is C15H23NO. The van der Waals surface area contributed by atoms with Gasteiger partial charge in [0, 0.05) is 5.69 Å². The van der Waals surface area contributed by atoms with Crippen LogP contribution in [0.15, 0.2) is 30.3 Å². The molecule has 2 heteroatoms. The van der Waals surface area contributed by atoms with Gasteiger partial charge in [-0.05, 0) is 36.3 Å². The highest BCUT2D eigenvalue weighted by Crippen LogP contribution is 2.48. The summed E-state index contributed by atoms with van der Waals surface area (Å²) < 4.78 is 0. The van der Waals surface area contributed by atoms with Gasteiger partial charge in [-0.25, -0.2) is 0 Å². The van der Waals surface area contributed by atoms with Crippen LogP contribution in [0.4, 0.5) is 5.69 Å². The van der Waals surface area contributed by atoms with Gasteiger partial charge in [0.1, 0.15) is 0 Å². The highest BCUT2D eigenvalue weighted by Gasteiger charge is 2.48. The van der Waals surface area contributed by atoms with E-state index in [2.05, 4.69) is 38.2 Å². The second-order valence-corrected chi connectivity index (χ2v) is 6.25. The van der Waals surface area contributed by atoms with E-state index in [-0.39, 0.29) is 12.1 Å². The quantitative estimate of drug-likeness (QED) is 0.839. The number of nitrogens with one attached hydrogen (secondary N) is 1. The summed E-state index contributed by atoms with van der Waals surface area (Å²) in [5, 5.41) is 13.4. The van der Waals surface area contributed by atoms with E-state index in [0.717, 1.165) is 18.5 Å². The molecule has 0 aromatic heterocycles. The van der Waals surface area contributed by atoms with E-state index in [1.807, 2.05) is 18.2 Å². The Hall–Kier alpha value is -1.02. The number of hydrogen-bond donors (Lipinski definition) is 2. The summed E-state index contributed by atoms with van der Waals surface area (Å²) >= 11 is 0. The lowest BCUT2D eigenvalue weighted by Crippen LogP contribution is -2.45. The Bertz CT molecular complexity index is 374. The van der Waals surface area contributed by atoms with Gasteiger partial charge in [0.05, 0.1) is 12.1 Å². The third kappa shape index (κ3) is 2.47. The van der Waals surface area contributed by atoms with Gasteiger partial charge < -0.3 is 10.4 Å². The molecule has 2 N–H and O–H groups in total. The van der Waals surface area contributed by atoms with Crippen molar-refractivity contribution in [2.24, 2.45) is 11.3 Å². The topological polar surface area (TPSA) is 32.3 Å². The molecule has 1 fully saturated rings. The number of rotatable bonds is 3. The fourth-order valence-corrected chi connectivity index (χ4v) is 3.35. The average Bonchev–Trinajstić information content (AvgIpc) is 2.50. The SMILES string of the molecule is CC1CC(C)(C)CC1(CO)Nc1ccccc1. The molecule has 0 aliphatic heterocycles. The van der Waals surface area contributed by atoms with Crippen LogP contribution in [0.5, 0.6) is 0 Å². The van der Waals surface area contributed by atoms with E-state index >= 15 is 0 Å². The average molecular weight is 233 g/mol. The zero-order valence-electron chi connectivity index (χ0n) is 11.0. The van der Waals surface area contributed by atoms with Gasteiger partial charge in [0.2, 0.25) is 0 Å². The minimum absolute atomic E-state index is 0.162. The fraction of sp³-hybridized carbons (Fsp3) is 0.600. The van der Waals surface area contributed by atoms with E-state index in [9.17, 15) is 5.11 Å². The van der Waals surface area contributed by atoms with Gasteiger partial charge in [-0.1, -0.05) is 39.0 Å². The molecule has 2 unspecified atom stereocenters. The van der Waals surface area contributed by atoms with Crippen LogP contribution < -0.4 is 5.32 Å². The first-order valence-corrected chi connectivity index (χ1v) is 6.42. The summed E-state index contributed by atoms with van der Waals surface area (Å²) in [6.07, 6.45) is 2.18. The second-order valence-electron chi connectivity index (χ2n) is 6.25. The Labute approximate surface area is 104 Å². The Kier molecular flexibility index (Phi) is 3.17. The van der Waals surface area contributed by atoms with Gasteiger partial charge in [0.25, 0.3) is 0 Å². The van der Waals surface area contributed by atoms with Crippen LogP contribution in [0.25, 0.3) is 0 Å². The zero-order chi connectivity index (χ0) is 12.5. The molecule has 2 nitrogen and oxygen atoms in total. The van der Waals surface area contributed by atoms with E-state index < -0.39 is 0 Å². The molecule has 0 radical (unpaired) electrons. The van der Waals surface area contributed by atoms with Crippen LogP contribution in [-0.2, 0) is 0 Å². The predicted molar refractivity (Wildman–Crippen MR) is 72.1 cm³/mol. The third-order valence-electron chi connectivity index (χ3n) is 4.05. The van der Waals surface area contributed by atoms with Crippen molar-refractivity contribution < 1.29 is 5.11 Å². The third-order valence-corrected chi connectivity index (χ3v) is 4.05. The highest BCUT2D eigenvalue weighted by molar-refractivity contribution is 5.46. The summed E-state index contributed by atoms with van der Waals surface area (Å²) in [6.45, 7) is 7.01. The number of benzene rings is 1. The second kappa shape index (κ2) is 4.34. The fourth-order valence-electron chi connectivity index (χ4n) is 3.35. The Morgan fingerprint density at radius 1 is 1.29 bits per heavy atom. The largest absolute Gasteiger partial charge is 0.394 e. The van der Waals surface area contributed by atoms with Gasteiger partial charge in [-0.3, -0.25) is 0 Å². The standard InChI is InChI=1S/C15H23NO/c1-12-9-14(2,3)10-15(12,11-17)16-13-7-5-4-6-8-13/h4-8,12,16-17H,9-11H2,1-3H3. The number of anilines is 1. The van der Waals surface area contributed by atoms with Crippen molar-refractivity contribution in [2.75, 3.05) is 11.9 Å². The highest BCUT2D eigenvalue weighted by atomic mass is 16.3. The van der Waals surface area contributed by atoms with Crippen LogP contribution in [0.1, 0.15) is 33.6 Å². The number of hydrogen-bond acceptors (Lipinski definition) is 2.